The first-order valence-corrected chi connectivity index (χ1v) is 5.05. The summed E-state index contributed by atoms with van der Waals surface area (Å²) in [5, 5.41) is 0. The van der Waals surface area contributed by atoms with E-state index in [0.29, 0.717) is 0 Å². The van der Waals surface area contributed by atoms with E-state index in [0.717, 1.165) is 11.6 Å². The van der Waals surface area contributed by atoms with Crippen LogP contribution in [0.2, 0.25) is 0 Å². The van der Waals surface area contributed by atoms with Crippen molar-refractivity contribution in [2.45, 2.75) is 0 Å². The van der Waals surface area contributed by atoms with Gasteiger partial charge in [-0.3, -0.25) is 9.97 Å². The summed E-state index contributed by atoms with van der Waals surface area (Å²) in [6.07, 6.45) is 13.8. The minimum absolute atomic E-state index is 0. The first-order chi connectivity index (χ1) is 8.43. The fraction of sp³-hybridized carbons (Fsp3) is 0. The minimum Gasteiger partial charge on any atom is -0.357 e. The molecule has 0 saturated carbocycles. The fourth-order valence-electron chi connectivity index (χ4n) is 1.47. The van der Waals surface area contributed by atoms with Gasteiger partial charge < -0.3 is 9.62 Å². The summed E-state index contributed by atoms with van der Waals surface area (Å²) in [4.78, 5) is 20.2. The second kappa shape index (κ2) is 5.70. The molecule has 3 rings (SSSR count). The van der Waals surface area contributed by atoms with Crippen molar-refractivity contribution in [3.63, 3.8) is 0 Å². The largest absolute Gasteiger partial charge is 0.403 e. The summed E-state index contributed by atoms with van der Waals surface area (Å²) >= 11 is 0. The molecule has 0 aliphatic carbocycles. The number of anilines is 2. The SMILES string of the molecule is [B]1N(c2cnccn2)C=CN1c1cnccn1.[Ir]. The average Bonchev–Trinajstić information content (AvgIpc) is 2.90. The molecule has 2 radical (unpaired) electrons. The monoisotopic (exact) mass is 416 g/mol. The fourth-order valence-corrected chi connectivity index (χ4v) is 1.47. The van der Waals surface area contributed by atoms with Gasteiger partial charge in [-0.25, -0.2) is 9.97 Å². The molecule has 1 aliphatic heterocycles. The molecule has 0 atom stereocenters. The molecular weight excluding hydrogens is 407 g/mol. The molecule has 0 spiro atoms. The van der Waals surface area contributed by atoms with Gasteiger partial charge in [0.2, 0.25) is 0 Å². The quantitative estimate of drug-likeness (QED) is 0.670. The summed E-state index contributed by atoms with van der Waals surface area (Å²) in [7, 11) is 1.87. The van der Waals surface area contributed by atoms with E-state index in [1.54, 1.807) is 37.2 Å². The van der Waals surface area contributed by atoms with Gasteiger partial charge in [0, 0.05) is 57.3 Å². The van der Waals surface area contributed by atoms with E-state index in [4.69, 9.17) is 0 Å². The van der Waals surface area contributed by atoms with E-state index in [1.165, 1.54) is 0 Å². The van der Waals surface area contributed by atoms with Crippen LogP contribution in [0.1, 0.15) is 0 Å². The maximum absolute atomic E-state index is 4.21. The molecule has 0 unspecified atom stereocenters. The van der Waals surface area contributed by atoms with Gasteiger partial charge in [0.15, 0.2) is 0 Å². The number of aromatic nitrogens is 4. The third-order valence-electron chi connectivity index (χ3n) is 2.26. The van der Waals surface area contributed by atoms with Crippen LogP contribution in [0.15, 0.2) is 49.6 Å². The predicted octanol–water partition coefficient (Wildman–Crippen LogP) is 0.596. The van der Waals surface area contributed by atoms with Crippen LogP contribution in [0.4, 0.5) is 11.6 Å². The standard InChI is InChI=1S/C10H8BN6.Ir/c1-3-14-9(7-12-1)16-5-6-17(11-16)10-8-13-2-4-15-10;/h1-8H;. The van der Waals surface area contributed by atoms with Gasteiger partial charge >= 0.3 is 7.55 Å². The van der Waals surface area contributed by atoms with Crippen molar-refractivity contribution < 1.29 is 20.1 Å². The molecule has 0 amide bonds. The Hall–Kier alpha value is -1.79. The van der Waals surface area contributed by atoms with E-state index in [2.05, 4.69) is 19.9 Å². The molecular formula is C10H8BIrN6. The minimum atomic E-state index is 0. The molecule has 0 aromatic carbocycles. The second-order valence-corrected chi connectivity index (χ2v) is 3.36. The molecule has 0 N–H and O–H groups in total. The molecule has 8 heteroatoms. The maximum Gasteiger partial charge on any atom is 0.403 e. The van der Waals surface area contributed by atoms with E-state index < -0.39 is 0 Å². The van der Waals surface area contributed by atoms with Crippen LogP contribution in [0, 0.1) is 0 Å². The van der Waals surface area contributed by atoms with Crippen molar-refractivity contribution in [3.05, 3.63) is 49.6 Å². The van der Waals surface area contributed by atoms with Gasteiger partial charge in [0.25, 0.3) is 0 Å². The van der Waals surface area contributed by atoms with Gasteiger partial charge in [-0.15, -0.1) is 0 Å². The number of nitrogens with zero attached hydrogens (tertiary/aromatic N) is 6. The molecule has 1 aliphatic rings. The van der Waals surface area contributed by atoms with Crippen LogP contribution >= 0.6 is 0 Å². The zero-order valence-corrected chi connectivity index (χ0v) is 11.6. The molecule has 2 aromatic rings. The van der Waals surface area contributed by atoms with Crippen LogP contribution in [-0.2, 0) is 20.1 Å². The Bertz CT molecular complexity index is 475. The van der Waals surface area contributed by atoms with Gasteiger partial charge in [0.05, 0.1) is 12.4 Å². The summed E-state index contributed by atoms with van der Waals surface area (Å²) in [6, 6.07) is 0. The third-order valence-corrected chi connectivity index (χ3v) is 2.26. The Morgan fingerprint density at radius 3 is 1.67 bits per heavy atom. The normalized spacial score (nSPS) is 13.1. The molecule has 18 heavy (non-hydrogen) atoms. The van der Waals surface area contributed by atoms with Crippen LogP contribution in [-0.4, -0.2) is 27.5 Å². The first-order valence-electron chi connectivity index (χ1n) is 5.05. The van der Waals surface area contributed by atoms with Crippen molar-refractivity contribution in [1.29, 1.82) is 0 Å². The Morgan fingerprint density at radius 2 is 1.28 bits per heavy atom. The maximum atomic E-state index is 4.21. The van der Waals surface area contributed by atoms with E-state index in [9.17, 15) is 0 Å². The summed E-state index contributed by atoms with van der Waals surface area (Å²) in [6.45, 7) is 0. The van der Waals surface area contributed by atoms with Crippen molar-refractivity contribution in [2.75, 3.05) is 9.62 Å². The van der Waals surface area contributed by atoms with Crippen LogP contribution in [0.25, 0.3) is 0 Å². The second-order valence-electron chi connectivity index (χ2n) is 3.36. The smallest absolute Gasteiger partial charge is 0.357 e. The summed E-state index contributed by atoms with van der Waals surface area (Å²) in [5.74, 6) is 1.52. The number of hydrogen-bond donors (Lipinski definition) is 0. The van der Waals surface area contributed by atoms with E-state index >= 15 is 0 Å². The summed E-state index contributed by atoms with van der Waals surface area (Å²) < 4.78 is 0. The van der Waals surface area contributed by atoms with Gasteiger partial charge in [-0.05, 0) is 0 Å². The zero-order valence-electron chi connectivity index (χ0n) is 9.21. The molecule has 90 valence electrons. The summed E-state index contributed by atoms with van der Waals surface area (Å²) in [5.41, 5.74) is 0. The van der Waals surface area contributed by atoms with Gasteiger partial charge in [-0.2, -0.15) is 0 Å². The van der Waals surface area contributed by atoms with Crippen LogP contribution in [0.5, 0.6) is 0 Å². The Balaban J connectivity index is 0.00000120. The average molecular weight is 415 g/mol. The van der Waals surface area contributed by atoms with E-state index in [-0.39, 0.29) is 20.1 Å². The van der Waals surface area contributed by atoms with Crippen molar-refractivity contribution in [2.24, 2.45) is 0 Å². The Morgan fingerprint density at radius 1 is 0.778 bits per heavy atom. The van der Waals surface area contributed by atoms with Crippen molar-refractivity contribution >= 4 is 19.2 Å². The van der Waals surface area contributed by atoms with Crippen molar-refractivity contribution in [1.82, 2.24) is 19.9 Å². The van der Waals surface area contributed by atoms with E-state index in [1.807, 2.05) is 29.6 Å². The molecule has 0 bridgehead atoms. The molecule has 6 nitrogen and oxygen atoms in total. The number of hydrogen-bond acceptors (Lipinski definition) is 6. The molecule has 0 fully saturated rings. The zero-order chi connectivity index (χ0) is 11.5. The predicted molar refractivity (Wildman–Crippen MR) is 63.9 cm³/mol. The Kier molecular flexibility index (Phi) is 4.01. The number of rotatable bonds is 2. The topological polar surface area (TPSA) is 58.0 Å². The van der Waals surface area contributed by atoms with Crippen molar-refractivity contribution in [3.8, 4) is 0 Å². The Labute approximate surface area is 118 Å². The van der Waals surface area contributed by atoms with Crippen LogP contribution < -0.4 is 9.62 Å². The molecule has 0 saturated heterocycles. The van der Waals surface area contributed by atoms with Gasteiger partial charge in [-0.1, -0.05) is 0 Å². The first kappa shape index (κ1) is 12.7. The third kappa shape index (κ3) is 2.55. The van der Waals surface area contributed by atoms with Crippen LogP contribution in [0.3, 0.4) is 0 Å². The molecule has 2 aromatic heterocycles. The van der Waals surface area contributed by atoms with Gasteiger partial charge in [0.1, 0.15) is 11.6 Å². The molecule has 3 heterocycles.